The maximum atomic E-state index is 13.5. The molecule has 0 bridgehead atoms. The Hall–Kier alpha value is -4.13. The van der Waals surface area contributed by atoms with Gasteiger partial charge in [-0.1, -0.05) is 30.3 Å². The van der Waals surface area contributed by atoms with Gasteiger partial charge in [-0.05, 0) is 60.4 Å². The Morgan fingerprint density at radius 3 is 1.85 bits per heavy atom. The van der Waals surface area contributed by atoms with Gasteiger partial charge in [-0.2, -0.15) is 0 Å². The molecule has 2 aromatic heterocycles. The molecule has 7 nitrogen and oxygen atoms in total. The minimum atomic E-state index is -0.338. The van der Waals surface area contributed by atoms with Gasteiger partial charge in [0, 0.05) is 23.7 Å². The molecule has 174 valence electrons. The standard InChI is InChI=1S/C27H27N3O4/c1-33-24-12-6-20(7-13-24)18-29-23(11-10-22-5-3-4-16-28-22)17-26(31)30(27(29)32)19-21-8-14-25(34-2)15-9-21/h3-9,12-17H,10-11,18-19H2,1-2H3. The predicted molar refractivity (Wildman–Crippen MR) is 131 cm³/mol. The average Bonchev–Trinajstić information content (AvgIpc) is 2.88. The third kappa shape index (κ3) is 5.43. The molecular formula is C27H27N3O4. The van der Waals surface area contributed by atoms with Crippen LogP contribution in [0.2, 0.25) is 0 Å². The number of aryl methyl sites for hydroxylation is 2. The lowest BCUT2D eigenvalue weighted by Crippen LogP contribution is -2.41. The molecule has 0 spiro atoms. The van der Waals surface area contributed by atoms with Crippen LogP contribution in [0, 0.1) is 0 Å². The van der Waals surface area contributed by atoms with Gasteiger partial charge in [0.05, 0.1) is 27.3 Å². The van der Waals surface area contributed by atoms with Crippen molar-refractivity contribution >= 4 is 0 Å². The number of hydrogen-bond donors (Lipinski definition) is 0. The first-order chi connectivity index (χ1) is 16.6. The fraction of sp³-hybridized carbons (Fsp3) is 0.222. The van der Waals surface area contributed by atoms with Gasteiger partial charge < -0.3 is 9.47 Å². The fourth-order valence-electron chi connectivity index (χ4n) is 3.81. The average molecular weight is 458 g/mol. The van der Waals surface area contributed by atoms with Crippen molar-refractivity contribution in [1.29, 1.82) is 0 Å². The molecule has 2 heterocycles. The number of benzene rings is 2. The second-order valence-electron chi connectivity index (χ2n) is 7.95. The largest absolute Gasteiger partial charge is 0.497 e. The van der Waals surface area contributed by atoms with Crippen LogP contribution in [0.5, 0.6) is 11.5 Å². The first-order valence-corrected chi connectivity index (χ1v) is 11.1. The molecule has 34 heavy (non-hydrogen) atoms. The van der Waals surface area contributed by atoms with Gasteiger partial charge in [0.15, 0.2) is 0 Å². The summed E-state index contributed by atoms with van der Waals surface area (Å²) in [6.45, 7) is 0.536. The Labute approximate surface area is 197 Å². The number of nitrogens with zero attached hydrogens (tertiary/aromatic N) is 3. The second kappa shape index (κ2) is 10.7. The summed E-state index contributed by atoms with van der Waals surface area (Å²) in [5.41, 5.74) is 2.72. The minimum Gasteiger partial charge on any atom is -0.497 e. The minimum absolute atomic E-state index is 0.185. The summed E-state index contributed by atoms with van der Waals surface area (Å²) >= 11 is 0. The first kappa shape index (κ1) is 23.0. The van der Waals surface area contributed by atoms with E-state index in [4.69, 9.17) is 9.47 Å². The normalized spacial score (nSPS) is 10.8. The van der Waals surface area contributed by atoms with E-state index in [1.807, 2.05) is 66.7 Å². The van der Waals surface area contributed by atoms with Crippen molar-refractivity contribution in [2.75, 3.05) is 14.2 Å². The highest BCUT2D eigenvalue weighted by Crippen LogP contribution is 2.14. The van der Waals surface area contributed by atoms with Crippen LogP contribution >= 0.6 is 0 Å². The molecular weight excluding hydrogens is 430 g/mol. The molecule has 0 aliphatic carbocycles. The van der Waals surface area contributed by atoms with E-state index < -0.39 is 0 Å². The molecule has 0 aliphatic heterocycles. The summed E-state index contributed by atoms with van der Waals surface area (Å²) in [5.74, 6) is 1.47. The number of pyridine rings is 1. The zero-order chi connectivity index (χ0) is 23.9. The summed E-state index contributed by atoms with van der Waals surface area (Å²) < 4.78 is 13.4. The number of hydrogen-bond acceptors (Lipinski definition) is 5. The fourth-order valence-corrected chi connectivity index (χ4v) is 3.81. The van der Waals surface area contributed by atoms with Gasteiger partial charge in [0.1, 0.15) is 11.5 Å². The van der Waals surface area contributed by atoms with E-state index in [1.165, 1.54) is 4.57 Å². The summed E-state index contributed by atoms with van der Waals surface area (Å²) in [4.78, 5) is 30.9. The van der Waals surface area contributed by atoms with Crippen molar-refractivity contribution < 1.29 is 9.47 Å². The molecule has 0 radical (unpaired) electrons. The van der Waals surface area contributed by atoms with Crippen LogP contribution in [0.4, 0.5) is 0 Å². The second-order valence-corrected chi connectivity index (χ2v) is 7.95. The van der Waals surface area contributed by atoms with Gasteiger partial charge in [-0.25, -0.2) is 4.79 Å². The monoisotopic (exact) mass is 457 g/mol. The molecule has 0 fully saturated rings. The van der Waals surface area contributed by atoms with E-state index in [1.54, 1.807) is 31.0 Å². The molecule has 4 rings (SSSR count). The summed E-state index contributed by atoms with van der Waals surface area (Å²) in [6, 6.07) is 22.2. The molecule has 0 aliphatic rings. The summed E-state index contributed by atoms with van der Waals surface area (Å²) in [6.07, 6.45) is 2.90. The van der Waals surface area contributed by atoms with Crippen LogP contribution in [0.3, 0.4) is 0 Å². The Morgan fingerprint density at radius 2 is 1.32 bits per heavy atom. The van der Waals surface area contributed by atoms with Crippen molar-refractivity contribution in [3.63, 3.8) is 0 Å². The van der Waals surface area contributed by atoms with E-state index in [-0.39, 0.29) is 17.8 Å². The molecule has 7 heteroatoms. The highest BCUT2D eigenvalue weighted by molar-refractivity contribution is 5.29. The number of aromatic nitrogens is 3. The van der Waals surface area contributed by atoms with Gasteiger partial charge in [-0.15, -0.1) is 0 Å². The first-order valence-electron chi connectivity index (χ1n) is 11.1. The molecule has 0 N–H and O–H groups in total. The zero-order valence-electron chi connectivity index (χ0n) is 19.3. The smallest absolute Gasteiger partial charge is 0.331 e. The van der Waals surface area contributed by atoms with Crippen LogP contribution in [0.15, 0.2) is 88.6 Å². The lowest BCUT2D eigenvalue weighted by Gasteiger charge is -2.16. The maximum Gasteiger partial charge on any atom is 0.331 e. The van der Waals surface area contributed by atoms with Crippen LogP contribution in [-0.2, 0) is 25.9 Å². The Bertz CT molecular complexity index is 1340. The van der Waals surface area contributed by atoms with E-state index >= 15 is 0 Å². The number of ether oxygens (including phenoxy) is 2. The van der Waals surface area contributed by atoms with Crippen molar-refractivity contribution in [3.8, 4) is 11.5 Å². The van der Waals surface area contributed by atoms with Crippen LogP contribution < -0.4 is 20.7 Å². The Balaban J connectivity index is 1.70. The lowest BCUT2D eigenvalue weighted by atomic mass is 10.1. The Kier molecular flexibility index (Phi) is 7.22. The SMILES string of the molecule is COc1ccc(Cn2c(CCc3ccccn3)cc(=O)n(Cc3ccc(OC)cc3)c2=O)cc1. The van der Waals surface area contributed by atoms with Crippen molar-refractivity contribution in [2.45, 2.75) is 25.9 Å². The highest BCUT2D eigenvalue weighted by Gasteiger charge is 2.13. The third-order valence-electron chi connectivity index (χ3n) is 5.73. The predicted octanol–water partition coefficient (Wildman–Crippen LogP) is 3.30. The molecule has 0 saturated carbocycles. The highest BCUT2D eigenvalue weighted by atomic mass is 16.5. The Morgan fingerprint density at radius 1 is 0.735 bits per heavy atom. The van der Waals surface area contributed by atoms with Gasteiger partial charge >= 0.3 is 5.69 Å². The van der Waals surface area contributed by atoms with Gasteiger partial charge in [-0.3, -0.25) is 18.9 Å². The molecule has 2 aromatic carbocycles. The van der Waals surface area contributed by atoms with Crippen molar-refractivity contribution in [2.24, 2.45) is 0 Å². The number of methoxy groups -OCH3 is 2. The summed E-state index contributed by atoms with van der Waals surface area (Å²) in [5, 5.41) is 0. The topological polar surface area (TPSA) is 75.3 Å². The van der Waals surface area contributed by atoms with E-state index in [0.717, 1.165) is 28.3 Å². The van der Waals surface area contributed by atoms with Crippen molar-refractivity contribution in [3.05, 3.63) is 122 Å². The van der Waals surface area contributed by atoms with E-state index in [2.05, 4.69) is 4.98 Å². The quantitative estimate of drug-likeness (QED) is 0.386. The molecule has 0 unspecified atom stereocenters. The van der Waals surface area contributed by atoms with E-state index in [9.17, 15) is 9.59 Å². The maximum absolute atomic E-state index is 13.5. The zero-order valence-corrected chi connectivity index (χ0v) is 19.3. The van der Waals surface area contributed by atoms with Crippen LogP contribution in [-0.4, -0.2) is 28.3 Å². The van der Waals surface area contributed by atoms with Crippen LogP contribution in [0.25, 0.3) is 0 Å². The van der Waals surface area contributed by atoms with Crippen LogP contribution in [0.1, 0.15) is 22.5 Å². The van der Waals surface area contributed by atoms with E-state index in [0.29, 0.717) is 25.1 Å². The molecule has 0 amide bonds. The molecule has 0 saturated heterocycles. The third-order valence-corrected chi connectivity index (χ3v) is 5.73. The molecule has 4 aromatic rings. The number of rotatable bonds is 9. The van der Waals surface area contributed by atoms with Gasteiger partial charge in [0.25, 0.3) is 5.56 Å². The van der Waals surface area contributed by atoms with Crippen molar-refractivity contribution in [1.82, 2.24) is 14.1 Å². The molecule has 0 atom stereocenters. The van der Waals surface area contributed by atoms with Gasteiger partial charge in [0.2, 0.25) is 0 Å². The summed E-state index contributed by atoms with van der Waals surface area (Å²) in [7, 11) is 3.21. The lowest BCUT2D eigenvalue weighted by molar-refractivity contribution is 0.414.